The van der Waals surface area contributed by atoms with Crippen LogP contribution in [0.25, 0.3) is 0 Å². The predicted molar refractivity (Wildman–Crippen MR) is 50.8 cm³/mol. The molecule has 0 aromatic rings. The molecule has 0 heterocycles. The maximum absolute atomic E-state index is 11.1. The quantitative estimate of drug-likeness (QED) is 0.669. The second kappa shape index (κ2) is 3.18. The minimum Gasteiger partial charge on any atom is -0.212 e. The molecule has 1 aliphatic carbocycles. The third kappa shape index (κ3) is 2.13. The Kier molecular flexibility index (Phi) is 2.74. The third-order valence-corrected chi connectivity index (χ3v) is 5.13. The lowest BCUT2D eigenvalue weighted by atomic mass is 10.1. The standard InChI is InChI=1S/C8H15ClO2S/c1-7(2)3-4-8(5-6-8)12(9,10)11/h7H,3-6H2,1-2H3. The molecule has 0 spiro atoms. The first-order valence-corrected chi connectivity index (χ1v) is 6.62. The van der Waals surface area contributed by atoms with Gasteiger partial charge in [0.15, 0.2) is 0 Å². The van der Waals surface area contributed by atoms with Gasteiger partial charge in [-0.05, 0) is 31.6 Å². The average Bonchev–Trinajstić information content (AvgIpc) is 2.60. The minimum atomic E-state index is -3.31. The lowest BCUT2D eigenvalue weighted by Gasteiger charge is -2.12. The Hall–Kier alpha value is 0.240. The molecule has 2 nitrogen and oxygen atoms in total. The van der Waals surface area contributed by atoms with Gasteiger partial charge in [-0.15, -0.1) is 0 Å². The number of hydrogen-bond acceptors (Lipinski definition) is 2. The number of halogens is 1. The molecule has 72 valence electrons. The number of rotatable bonds is 4. The highest BCUT2D eigenvalue weighted by atomic mass is 35.7. The largest absolute Gasteiger partial charge is 0.238 e. The van der Waals surface area contributed by atoms with Crippen molar-refractivity contribution in [1.82, 2.24) is 0 Å². The van der Waals surface area contributed by atoms with Gasteiger partial charge in [-0.2, -0.15) is 0 Å². The zero-order chi connectivity index (χ0) is 9.41. The van der Waals surface area contributed by atoms with Crippen molar-refractivity contribution < 1.29 is 8.42 Å². The maximum Gasteiger partial charge on any atom is 0.238 e. The first-order chi connectivity index (χ1) is 5.37. The molecule has 0 aliphatic heterocycles. The van der Waals surface area contributed by atoms with Crippen molar-refractivity contribution in [3.05, 3.63) is 0 Å². The Morgan fingerprint density at radius 2 is 1.92 bits per heavy atom. The summed E-state index contributed by atoms with van der Waals surface area (Å²) >= 11 is 0. The summed E-state index contributed by atoms with van der Waals surface area (Å²) in [6.07, 6.45) is 3.19. The van der Waals surface area contributed by atoms with Crippen LogP contribution in [0.3, 0.4) is 0 Å². The highest BCUT2D eigenvalue weighted by Crippen LogP contribution is 2.49. The van der Waals surface area contributed by atoms with Crippen LogP contribution in [0.15, 0.2) is 0 Å². The summed E-state index contributed by atoms with van der Waals surface area (Å²) in [6, 6.07) is 0. The van der Waals surface area contributed by atoms with Crippen molar-refractivity contribution >= 4 is 19.7 Å². The van der Waals surface area contributed by atoms with E-state index in [1.807, 2.05) is 0 Å². The molecule has 0 atom stereocenters. The molecule has 0 amide bonds. The van der Waals surface area contributed by atoms with Crippen LogP contribution in [-0.2, 0) is 9.05 Å². The van der Waals surface area contributed by atoms with Gasteiger partial charge in [-0.3, -0.25) is 0 Å². The molecule has 1 fully saturated rings. The fraction of sp³-hybridized carbons (Fsp3) is 1.00. The normalized spacial score (nSPS) is 21.3. The van der Waals surface area contributed by atoms with Crippen molar-refractivity contribution in [3.63, 3.8) is 0 Å². The Morgan fingerprint density at radius 3 is 2.17 bits per heavy atom. The molecule has 0 saturated heterocycles. The van der Waals surface area contributed by atoms with Crippen LogP contribution >= 0.6 is 10.7 Å². The Labute approximate surface area is 78.7 Å². The van der Waals surface area contributed by atoms with Crippen LogP contribution in [0.2, 0.25) is 0 Å². The van der Waals surface area contributed by atoms with Crippen LogP contribution in [0.1, 0.15) is 39.5 Å². The molecule has 0 aromatic carbocycles. The van der Waals surface area contributed by atoms with Crippen molar-refractivity contribution in [2.24, 2.45) is 5.92 Å². The second-order valence-corrected chi connectivity index (χ2v) is 7.01. The van der Waals surface area contributed by atoms with Gasteiger partial charge >= 0.3 is 0 Å². The van der Waals surface area contributed by atoms with Gasteiger partial charge in [0.2, 0.25) is 9.05 Å². The van der Waals surface area contributed by atoms with E-state index in [-0.39, 0.29) is 0 Å². The smallest absolute Gasteiger partial charge is 0.212 e. The summed E-state index contributed by atoms with van der Waals surface area (Å²) in [5, 5.41) is 0. The van der Waals surface area contributed by atoms with E-state index in [0.29, 0.717) is 5.92 Å². The topological polar surface area (TPSA) is 34.1 Å². The first-order valence-electron chi connectivity index (χ1n) is 4.32. The van der Waals surface area contributed by atoms with E-state index < -0.39 is 13.8 Å². The van der Waals surface area contributed by atoms with E-state index in [0.717, 1.165) is 25.7 Å². The molecule has 0 radical (unpaired) electrons. The van der Waals surface area contributed by atoms with Gasteiger partial charge in [-0.25, -0.2) is 8.42 Å². The van der Waals surface area contributed by atoms with Crippen molar-refractivity contribution in [3.8, 4) is 0 Å². The molecule has 0 bridgehead atoms. The molecule has 12 heavy (non-hydrogen) atoms. The fourth-order valence-electron chi connectivity index (χ4n) is 1.31. The highest BCUT2D eigenvalue weighted by molar-refractivity contribution is 8.15. The lowest BCUT2D eigenvalue weighted by Crippen LogP contribution is -2.18. The second-order valence-electron chi connectivity index (χ2n) is 4.05. The van der Waals surface area contributed by atoms with Gasteiger partial charge in [0.05, 0.1) is 4.75 Å². The van der Waals surface area contributed by atoms with Gasteiger partial charge in [0.25, 0.3) is 0 Å². The summed E-state index contributed by atoms with van der Waals surface area (Å²) in [6.45, 7) is 4.19. The summed E-state index contributed by atoms with van der Waals surface area (Å²) in [5.41, 5.74) is 0. The van der Waals surface area contributed by atoms with Crippen LogP contribution in [0.4, 0.5) is 0 Å². The molecule has 0 unspecified atom stereocenters. The van der Waals surface area contributed by atoms with E-state index in [1.165, 1.54) is 0 Å². The molecule has 0 aromatic heterocycles. The summed E-state index contributed by atoms with van der Waals surface area (Å²) in [4.78, 5) is 0. The van der Waals surface area contributed by atoms with Gasteiger partial charge in [-0.1, -0.05) is 13.8 Å². The molecule has 4 heteroatoms. The van der Waals surface area contributed by atoms with Crippen LogP contribution in [0, 0.1) is 5.92 Å². The molecular formula is C8H15ClO2S. The summed E-state index contributed by atoms with van der Waals surface area (Å²) < 4.78 is 21.6. The molecule has 1 aliphatic rings. The molecule has 1 rings (SSSR count). The maximum atomic E-state index is 11.1. The lowest BCUT2D eigenvalue weighted by molar-refractivity contribution is 0.521. The summed E-state index contributed by atoms with van der Waals surface area (Å²) in [7, 11) is 2.03. The van der Waals surface area contributed by atoms with E-state index in [9.17, 15) is 8.42 Å². The fourth-order valence-corrected chi connectivity index (χ4v) is 2.95. The van der Waals surface area contributed by atoms with Crippen LogP contribution < -0.4 is 0 Å². The zero-order valence-corrected chi connectivity index (χ0v) is 9.08. The number of hydrogen-bond donors (Lipinski definition) is 0. The minimum absolute atomic E-state index is 0.543. The van der Waals surface area contributed by atoms with Gasteiger partial charge in [0.1, 0.15) is 0 Å². The zero-order valence-electron chi connectivity index (χ0n) is 7.51. The van der Waals surface area contributed by atoms with Crippen molar-refractivity contribution in [2.45, 2.75) is 44.3 Å². The van der Waals surface area contributed by atoms with Crippen LogP contribution in [-0.4, -0.2) is 13.2 Å². The predicted octanol–water partition coefficient (Wildman–Crippen LogP) is 2.52. The van der Waals surface area contributed by atoms with Gasteiger partial charge < -0.3 is 0 Å². The highest BCUT2D eigenvalue weighted by Gasteiger charge is 2.53. The molecular weight excluding hydrogens is 196 g/mol. The first kappa shape index (κ1) is 10.3. The van der Waals surface area contributed by atoms with Gasteiger partial charge in [0, 0.05) is 10.7 Å². The van der Waals surface area contributed by atoms with Crippen molar-refractivity contribution in [2.75, 3.05) is 0 Å². The Bertz CT molecular complexity index is 252. The van der Waals surface area contributed by atoms with Crippen LogP contribution in [0.5, 0.6) is 0 Å². The molecule has 0 N–H and O–H groups in total. The van der Waals surface area contributed by atoms with E-state index in [4.69, 9.17) is 10.7 Å². The average molecular weight is 211 g/mol. The van der Waals surface area contributed by atoms with Crippen molar-refractivity contribution in [1.29, 1.82) is 0 Å². The SMILES string of the molecule is CC(C)CCC1(S(=O)(=O)Cl)CC1. The summed E-state index contributed by atoms with van der Waals surface area (Å²) in [5.74, 6) is 0.556. The monoisotopic (exact) mass is 210 g/mol. The van der Waals surface area contributed by atoms with E-state index in [2.05, 4.69) is 13.8 Å². The van der Waals surface area contributed by atoms with E-state index >= 15 is 0 Å². The Morgan fingerprint density at radius 1 is 1.42 bits per heavy atom. The third-order valence-electron chi connectivity index (χ3n) is 2.50. The van der Waals surface area contributed by atoms with E-state index in [1.54, 1.807) is 0 Å². The Balaban J connectivity index is 2.52. The molecule has 1 saturated carbocycles.